The lowest BCUT2D eigenvalue weighted by Gasteiger charge is -2.13. The fourth-order valence-electron chi connectivity index (χ4n) is 1.61. The molecule has 0 unspecified atom stereocenters. The van der Waals surface area contributed by atoms with Crippen molar-refractivity contribution in [2.24, 2.45) is 0 Å². The fourth-order valence-corrected chi connectivity index (χ4v) is 2.69. The number of nitrogen functional groups attached to an aromatic ring is 1. The van der Waals surface area contributed by atoms with E-state index in [2.05, 4.69) is 21.2 Å². The maximum atomic E-state index is 6.13. The quantitative estimate of drug-likeness (QED) is 0.716. The first kappa shape index (κ1) is 13.5. The van der Waals surface area contributed by atoms with Crippen molar-refractivity contribution < 1.29 is 0 Å². The summed E-state index contributed by atoms with van der Waals surface area (Å²) in [6.07, 6.45) is 0. The van der Waals surface area contributed by atoms with E-state index in [-0.39, 0.29) is 0 Å². The van der Waals surface area contributed by atoms with Crippen molar-refractivity contribution in [3.05, 3.63) is 50.4 Å². The summed E-state index contributed by atoms with van der Waals surface area (Å²) >= 11 is 15.7. The Morgan fingerprint density at radius 1 is 1.11 bits per heavy atom. The van der Waals surface area contributed by atoms with Crippen molar-refractivity contribution >= 4 is 56.2 Å². The van der Waals surface area contributed by atoms with Gasteiger partial charge < -0.3 is 11.1 Å². The van der Waals surface area contributed by atoms with E-state index >= 15 is 0 Å². The highest BCUT2D eigenvalue weighted by molar-refractivity contribution is 9.10. The Bertz CT molecular complexity index is 577. The van der Waals surface area contributed by atoms with Gasteiger partial charge in [-0.3, -0.25) is 0 Å². The van der Waals surface area contributed by atoms with Crippen molar-refractivity contribution in [1.29, 1.82) is 0 Å². The Balaban J connectivity index is 2.40. The zero-order valence-corrected chi connectivity index (χ0v) is 12.7. The molecule has 0 fully saturated rings. The van der Waals surface area contributed by atoms with Gasteiger partial charge in [-0.2, -0.15) is 0 Å². The Kier molecular flexibility index (Phi) is 4.05. The summed E-state index contributed by atoms with van der Waals surface area (Å²) in [5, 5.41) is 4.23. The third-order valence-corrected chi connectivity index (χ3v) is 3.60. The van der Waals surface area contributed by atoms with Gasteiger partial charge in [-0.05, 0) is 42.8 Å². The van der Waals surface area contributed by atoms with E-state index in [1.807, 2.05) is 25.1 Å². The molecule has 0 aliphatic carbocycles. The van der Waals surface area contributed by atoms with Crippen LogP contribution < -0.4 is 11.1 Å². The number of anilines is 3. The standard InChI is InChI=1S/C13H11BrCl2N2/c1-7-4-8(14)2-3-12(7)18-13-10(15)5-9(17)6-11(13)16/h2-6,18H,17H2,1H3. The lowest BCUT2D eigenvalue weighted by molar-refractivity contribution is 1.42. The van der Waals surface area contributed by atoms with Gasteiger partial charge in [0, 0.05) is 15.8 Å². The molecule has 2 rings (SSSR count). The second kappa shape index (κ2) is 5.39. The molecule has 0 aromatic heterocycles. The van der Waals surface area contributed by atoms with Gasteiger partial charge in [0.25, 0.3) is 0 Å². The molecule has 0 amide bonds. The molecule has 18 heavy (non-hydrogen) atoms. The predicted molar refractivity (Wildman–Crippen MR) is 83.0 cm³/mol. The van der Waals surface area contributed by atoms with Gasteiger partial charge in [-0.15, -0.1) is 0 Å². The van der Waals surface area contributed by atoms with Crippen LogP contribution in [0.4, 0.5) is 17.1 Å². The highest BCUT2D eigenvalue weighted by Crippen LogP contribution is 2.36. The van der Waals surface area contributed by atoms with Crippen LogP contribution in [-0.2, 0) is 0 Å². The zero-order chi connectivity index (χ0) is 13.3. The lowest BCUT2D eigenvalue weighted by atomic mass is 10.2. The first-order chi connectivity index (χ1) is 8.47. The number of halogens is 3. The summed E-state index contributed by atoms with van der Waals surface area (Å²) in [5.41, 5.74) is 8.92. The van der Waals surface area contributed by atoms with Crippen molar-refractivity contribution in [2.75, 3.05) is 11.1 Å². The summed E-state index contributed by atoms with van der Waals surface area (Å²) in [6.45, 7) is 2.01. The molecule has 0 bridgehead atoms. The van der Waals surface area contributed by atoms with Crippen LogP contribution in [-0.4, -0.2) is 0 Å². The minimum absolute atomic E-state index is 0.502. The Morgan fingerprint density at radius 3 is 2.28 bits per heavy atom. The summed E-state index contributed by atoms with van der Waals surface area (Å²) in [7, 11) is 0. The van der Waals surface area contributed by atoms with Crippen LogP contribution in [0.5, 0.6) is 0 Å². The van der Waals surface area contributed by atoms with E-state index < -0.39 is 0 Å². The molecular formula is C13H11BrCl2N2. The van der Waals surface area contributed by atoms with Gasteiger partial charge in [0.05, 0.1) is 15.7 Å². The monoisotopic (exact) mass is 344 g/mol. The second-order valence-electron chi connectivity index (χ2n) is 3.94. The normalized spacial score (nSPS) is 10.4. The first-order valence-corrected chi connectivity index (χ1v) is 6.80. The topological polar surface area (TPSA) is 38.0 Å². The van der Waals surface area contributed by atoms with E-state index in [0.717, 1.165) is 15.7 Å². The van der Waals surface area contributed by atoms with Crippen molar-refractivity contribution in [3.8, 4) is 0 Å². The van der Waals surface area contributed by atoms with Gasteiger partial charge in [-0.1, -0.05) is 39.1 Å². The molecule has 2 aromatic rings. The van der Waals surface area contributed by atoms with Crippen LogP contribution >= 0.6 is 39.1 Å². The molecule has 0 saturated carbocycles. The predicted octanol–water partition coefficient (Wildman–Crippen LogP) is 5.39. The van der Waals surface area contributed by atoms with Crippen LogP contribution in [0.2, 0.25) is 10.0 Å². The minimum Gasteiger partial charge on any atom is -0.399 e. The summed E-state index contributed by atoms with van der Waals surface area (Å²) in [6, 6.07) is 9.27. The molecule has 0 atom stereocenters. The summed E-state index contributed by atoms with van der Waals surface area (Å²) in [4.78, 5) is 0. The van der Waals surface area contributed by atoms with E-state index in [1.54, 1.807) is 12.1 Å². The number of benzene rings is 2. The van der Waals surface area contributed by atoms with Crippen LogP contribution in [0.15, 0.2) is 34.8 Å². The van der Waals surface area contributed by atoms with E-state index in [9.17, 15) is 0 Å². The highest BCUT2D eigenvalue weighted by atomic mass is 79.9. The maximum Gasteiger partial charge on any atom is 0.0764 e. The Morgan fingerprint density at radius 2 is 1.72 bits per heavy atom. The molecule has 0 radical (unpaired) electrons. The smallest absolute Gasteiger partial charge is 0.0764 e. The summed E-state index contributed by atoms with van der Waals surface area (Å²) in [5.74, 6) is 0. The minimum atomic E-state index is 0.502. The molecule has 0 aliphatic rings. The van der Waals surface area contributed by atoms with Gasteiger partial charge in [0.1, 0.15) is 0 Å². The van der Waals surface area contributed by atoms with Crippen LogP contribution in [0.25, 0.3) is 0 Å². The fraction of sp³-hybridized carbons (Fsp3) is 0.0769. The molecule has 5 heteroatoms. The van der Waals surface area contributed by atoms with Crippen LogP contribution in [0, 0.1) is 6.92 Å². The van der Waals surface area contributed by atoms with E-state index in [0.29, 0.717) is 21.4 Å². The molecule has 3 N–H and O–H groups in total. The van der Waals surface area contributed by atoms with Crippen LogP contribution in [0.1, 0.15) is 5.56 Å². The number of aryl methyl sites for hydroxylation is 1. The molecule has 0 saturated heterocycles. The molecule has 0 spiro atoms. The third kappa shape index (κ3) is 2.91. The molecule has 94 valence electrons. The SMILES string of the molecule is Cc1cc(Br)ccc1Nc1c(Cl)cc(N)cc1Cl. The number of nitrogens with one attached hydrogen (secondary N) is 1. The average Bonchev–Trinajstić information content (AvgIpc) is 2.25. The molecular weight excluding hydrogens is 335 g/mol. The lowest BCUT2D eigenvalue weighted by Crippen LogP contribution is -1.96. The van der Waals surface area contributed by atoms with E-state index in [1.165, 1.54) is 0 Å². The van der Waals surface area contributed by atoms with Crippen molar-refractivity contribution in [2.45, 2.75) is 6.92 Å². The molecule has 0 aliphatic heterocycles. The van der Waals surface area contributed by atoms with Gasteiger partial charge >= 0.3 is 0 Å². The van der Waals surface area contributed by atoms with Gasteiger partial charge in [0.2, 0.25) is 0 Å². The average molecular weight is 346 g/mol. The highest BCUT2D eigenvalue weighted by Gasteiger charge is 2.09. The molecule has 0 heterocycles. The van der Waals surface area contributed by atoms with E-state index in [4.69, 9.17) is 28.9 Å². The van der Waals surface area contributed by atoms with Gasteiger partial charge in [0.15, 0.2) is 0 Å². The van der Waals surface area contributed by atoms with Crippen molar-refractivity contribution in [3.63, 3.8) is 0 Å². The third-order valence-electron chi connectivity index (χ3n) is 2.51. The molecule has 2 nitrogen and oxygen atoms in total. The van der Waals surface area contributed by atoms with Crippen LogP contribution in [0.3, 0.4) is 0 Å². The number of rotatable bonds is 2. The Labute approximate surface area is 124 Å². The number of hydrogen-bond acceptors (Lipinski definition) is 2. The zero-order valence-electron chi connectivity index (χ0n) is 9.60. The van der Waals surface area contributed by atoms with Gasteiger partial charge in [-0.25, -0.2) is 0 Å². The number of nitrogens with two attached hydrogens (primary N) is 1. The first-order valence-electron chi connectivity index (χ1n) is 5.25. The second-order valence-corrected chi connectivity index (χ2v) is 5.67. The number of hydrogen-bond donors (Lipinski definition) is 2. The maximum absolute atomic E-state index is 6.13. The summed E-state index contributed by atoms with van der Waals surface area (Å²) < 4.78 is 1.03. The largest absolute Gasteiger partial charge is 0.399 e. The van der Waals surface area contributed by atoms with Crippen molar-refractivity contribution in [1.82, 2.24) is 0 Å². The molecule has 2 aromatic carbocycles. The Hall–Kier alpha value is -0.900.